The van der Waals surface area contributed by atoms with Crippen molar-refractivity contribution in [2.75, 3.05) is 39.4 Å². The van der Waals surface area contributed by atoms with Gasteiger partial charge in [0.25, 0.3) is 5.91 Å². The highest BCUT2D eigenvalue weighted by Crippen LogP contribution is 2.30. The summed E-state index contributed by atoms with van der Waals surface area (Å²) in [5.41, 5.74) is 2.99. The smallest absolute Gasteiger partial charge is 0.350 e. The molecule has 3 aromatic heterocycles. The maximum absolute atomic E-state index is 13.5. The number of hydrogen-bond acceptors (Lipinski definition) is 10. The molecule has 226 valence electrons. The van der Waals surface area contributed by atoms with Gasteiger partial charge in [-0.15, -0.1) is 10.2 Å². The van der Waals surface area contributed by atoms with Gasteiger partial charge in [-0.25, -0.2) is 4.98 Å². The molecule has 5 heterocycles. The molecular weight excluding hydrogens is 574 g/mol. The van der Waals surface area contributed by atoms with Crippen LogP contribution in [0.15, 0.2) is 71.3 Å². The lowest BCUT2D eigenvalue weighted by atomic mass is 10.0. The number of amides is 1. The Morgan fingerprint density at radius 1 is 1.02 bits per heavy atom. The summed E-state index contributed by atoms with van der Waals surface area (Å²) in [6, 6.07) is 17.8. The molecule has 14 heteroatoms. The molecule has 7 rings (SSSR count). The maximum atomic E-state index is 13.5. The van der Waals surface area contributed by atoms with Crippen molar-refractivity contribution in [2.24, 2.45) is 0 Å². The second kappa shape index (κ2) is 12.1. The van der Waals surface area contributed by atoms with E-state index in [1.165, 1.54) is 0 Å². The van der Waals surface area contributed by atoms with E-state index in [2.05, 4.69) is 30.3 Å². The zero-order valence-electron chi connectivity index (χ0n) is 23.5. The van der Waals surface area contributed by atoms with Crippen LogP contribution in [0.2, 0.25) is 0 Å². The Labute approximate surface area is 250 Å². The average Bonchev–Trinajstić information content (AvgIpc) is 3.84. The van der Waals surface area contributed by atoms with E-state index in [0.717, 1.165) is 12.0 Å². The van der Waals surface area contributed by atoms with Gasteiger partial charge in [-0.1, -0.05) is 35.1 Å². The monoisotopic (exact) mass is 602 g/mol. The van der Waals surface area contributed by atoms with E-state index < -0.39 is 12.6 Å². The number of hydrogen-bond donors (Lipinski definition) is 0. The summed E-state index contributed by atoms with van der Waals surface area (Å²) in [7, 11) is 0. The number of fused-ring (bicyclic) bond motifs is 1. The molecule has 2 aromatic carbocycles. The second-order valence-electron chi connectivity index (χ2n) is 10.6. The lowest BCUT2D eigenvalue weighted by Gasteiger charge is -2.38. The third-order valence-electron chi connectivity index (χ3n) is 7.72. The summed E-state index contributed by atoms with van der Waals surface area (Å²) in [4.78, 5) is 26.5. The van der Waals surface area contributed by atoms with E-state index in [9.17, 15) is 13.6 Å². The Balaban J connectivity index is 1.05. The SMILES string of the molecule is O=C(c1cc(-c2nc3cc(O[C@@H]4CCOC4)ccc3o2)ccn1)N1CCN([C@@H](c2ccccc2)c2nnn(C(F)F)n2)CC1. The van der Waals surface area contributed by atoms with Crippen molar-refractivity contribution in [1.82, 2.24) is 40.0 Å². The quantitative estimate of drug-likeness (QED) is 0.258. The number of rotatable bonds is 8. The van der Waals surface area contributed by atoms with E-state index in [0.29, 0.717) is 72.5 Å². The summed E-state index contributed by atoms with van der Waals surface area (Å²) in [5.74, 6) is 1.02. The fraction of sp³-hybridized carbons (Fsp3) is 0.333. The minimum absolute atomic E-state index is 0.0245. The van der Waals surface area contributed by atoms with Crippen LogP contribution in [0.5, 0.6) is 5.75 Å². The van der Waals surface area contributed by atoms with Crippen LogP contribution < -0.4 is 4.74 Å². The van der Waals surface area contributed by atoms with Gasteiger partial charge in [-0.05, 0) is 35.0 Å². The molecular formula is C30H28F2N8O4. The number of tetrazole rings is 1. The van der Waals surface area contributed by atoms with Crippen molar-refractivity contribution >= 4 is 17.0 Å². The molecule has 0 saturated carbocycles. The molecule has 2 fully saturated rings. The Hall–Kier alpha value is -4.82. The highest BCUT2D eigenvalue weighted by molar-refractivity contribution is 5.93. The van der Waals surface area contributed by atoms with Gasteiger partial charge in [0.2, 0.25) is 5.89 Å². The standard InChI is InChI=1S/C30H28F2N8O4/c31-30(32)40-36-27(35-37-40)26(19-4-2-1-3-5-19)38-11-13-39(14-12-38)29(41)24-16-20(8-10-33-24)28-34-23-17-21(6-7-25(23)44-28)43-22-9-15-42-18-22/h1-8,10,16-17,22,26,30H,9,11-15,18H2/t22-,26+/m1/s1. The van der Waals surface area contributed by atoms with Crippen LogP contribution >= 0.6 is 0 Å². The number of benzene rings is 2. The normalized spacial score (nSPS) is 18.2. The fourth-order valence-corrected chi connectivity index (χ4v) is 5.52. The molecule has 0 unspecified atom stereocenters. The first-order valence-electron chi connectivity index (χ1n) is 14.3. The highest BCUT2D eigenvalue weighted by atomic mass is 19.3. The van der Waals surface area contributed by atoms with Gasteiger partial charge in [0, 0.05) is 50.4 Å². The van der Waals surface area contributed by atoms with Crippen molar-refractivity contribution in [1.29, 1.82) is 0 Å². The number of alkyl halides is 2. The van der Waals surface area contributed by atoms with Crippen LogP contribution in [0.25, 0.3) is 22.6 Å². The van der Waals surface area contributed by atoms with Crippen molar-refractivity contribution in [3.05, 3.63) is 83.9 Å². The minimum atomic E-state index is -2.89. The van der Waals surface area contributed by atoms with Crippen molar-refractivity contribution < 1.29 is 27.5 Å². The molecule has 0 spiro atoms. The van der Waals surface area contributed by atoms with Gasteiger partial charge < -0.3 is 18.8 Å². The zero-order chi connectivity index (χ0) is 30.0. The Bertz CT molecular complexity index is 1750. The number of nitrogens with zero attached hydrogens (tertiary/aromatic N) is 8. The molecule has 2 aliphatic heterocycles. The van der Waals surface area contributed by atoms with Crippen LogP contribution in [0.4, 0.5) is 8.78 Å². The number of halogens is 2. The van der Waals surface area contributed by atoms with Gasteiger partial charge >= 0.3 is 6.55 Å². The number of ether oxygens (including phenoxy) is 2. The van der Waals surface area contributed by atoms with E-state index >= 15 is 0 Å². The van der Waals surface area contributed by atoms with E-state index in [1.54, 1.807) is 23.2 Å². The van der Waals surface area contributed by atoms with Gasteiger partial charge in [-0.2, -0.15) is 8.78 Å². The highest BCUT2D eigenvalue weighted by Gasteiger charge is 2.32. The first kappa shape index (κ1) is 28.0. The van der Waals surface area contributed by atoms with Crippen LogP contribution in [0.3, 0.4) is 0 Å². The summed E-state index contributed by atoms with van der Waals surface area (Å²) in [6.45, 7) is 0.111. The topological polar surface area (TPSA) is 125 Å². The maximum Gasteiger partial charge on any atom is 0.350 e. The van der Waals surface area contributed by atoms with Crippen LogP contribution in [-0.2, 0) is 4.74 Å². The summed E-state index contributed by atoms with van der Waals surface area (Å²) in [5, 5.41) is 11.4. The third-order valence-corrected chi connectivity index (χ3v) is 7.72. The first-order chi connectivity index (χ1) is 21.5. The predicted molar refractivity (Wildman–Crippen MR) is 152 cm³/mol. The second-order valence-corrected chi connectivity index (χ2v) is 10.6. The minimum Gasteiger partial charge on any atom is -0.488 e. The fourth-order valence-electron chi connectivity index (χ4n) is 5.52. The third kappa shape index (κ3) is 5.73. The van der Waals surface area contributed by atoms with Crippen molar-refractivity contribution in [3.8, 4) is 17.2 Å². The van der Waals surface area contributed by atoms with Gasteiger partial charge in [0.15, 0.2) is 11.4 Å². The Morgan fingerprint density at radius 3 is 2.61 bits per heavy atom. The summed E-state index contributed by atoms with van der Waals surface area (Å²) >= 11 is 0. The molecule has 0 radical (unpaired) electrons. The predicted octanol–water partition coefficient (Wildman–Crippen LogP) is 3.99. The number of piperazine rings is 1. The Kier molecular flexibility index (Phi) is 7.66. The van der Waals surface area contributed by atoms with Crippen LogP contribution in [0.1, 0.15) is 40.9 Å². The summed E-state index contributed by atoms with van der Waals surface area (Å²) < 4.78 is 43.7. The average molecular weight is 603 g/mol. The number of oxazole rings is 1. The summed E-state index contributed by atoms with van der Waals surface area (Å²) in [6.07, 6.45) is 2.43. The van der Waals surface area contributed by atoms with E-state index in [4.69, 9.17) is 13.9 Å². The first-order valence-corrected chi connectivity index (χ1v) is 14.3. The molecule has 0 aliphatic carbocycles. The number of pyridine rings is 1. The molecule has 2 saturated heterocycles. The molecule has 0 N–H and O–H groups in total. The largest absolute Gasteiger partial charge is 0.488 e. The molecule has 12 nitrogen and oxygen atoms in total. The zero-order valence-corrected chi connectivity index (χ0v) is 23.5. The van der Waals surface area contributed by atoms with E-state index in [-0.39, 0.29) is 23.5 Å². The van der Waals surface area contributed by atoms with Crippen molar-refractivity contribution in [3.63, 3.8) is 0 Å². The Morgan fingerprint density at radius 2 is 1.86 bits per heavy atom. The number of carbonyl (C=O) groups is 1. The van der Waals surface area contributed by atoms with Gasteiger partial charge in [-0.3, -0.25) is 14.7 Å². The van der Waals surface area contributed by atoms with Crippen LogP contribution in [0, 0.1) is 0 Å². The molecule has 0 bridgehead atoms. The number of aromatic nitrogens is 6. The van der Waals surface area contributed by atoms with Gasteiger partial charge in [0.1, 0.15) is 23.1 Å². The molecule has 2 aliphatic rings. The van der Waals surface area contributed by atoms with E-state index in [1.807, 2.05) is 48.5 Å². The van der Waals surface area contributed by atoms with Crippen molar-refractivity contribution in [2.45, 2.75) is 25.1 Å². The lowest BCUT2D eigenvalue weighted by Crippen LogP contribution is -2.50. The molecule has 2 atom stereocenters. The molecule has 44 heavy (non-hydrogen) atoms. The van der Waals surface area contributed by atoms with Gasteiger partial charge in [0.05, 0.1) is 19.3 Å². The molecule has 1 amide bonds. The molecule has 5 aromatic rings. The number of carbonyl (C=O) groups excluding carboxylic acids is 1. The van der Waals surface area contributed by atoms with Crippen LogP contribution in [-0.4, -0.2) is 91.4 Å². The lowest BCUT2D eigenvalue weighted by molar-refractivity contribution is 0.0385.